The van der Waals surface area contributed by atoms with Crippen LogP contribution < -0.4 is 4.90 Å². The zero-order valence-corrected chi connectivity index (χ0v) is 16.3. The van der Waals surface area contributed by atoms with E-state index in [4.69, 9.17) is 4.42 Å². The van der Waals surface area contributed by atoms with Gasteiger partial charge in [-0.15, -0.1) is 0 Å². The maximum absolute atomic E-state index is 12.6. The van der Waals surface area contributed by atoms with Crippen LogP contribution in [0.5, 0.6) is 0 Å². The molecule has 0 saturated carbocycles. The van der Waals surface area contributed by atoms with E-state index in [9.17, 15) is 4.79 Å². The monoisotopic (exact) mass is 379 g/mol. The Hall–Kier alpha value is -3.09. The predicted molar refractivity (Wildman–Crippen MR) is 107 cm³/mol. The van der Waals surface area contributed by atoms with Gasteiger partial charge in [0, 0.05) is 57.8 Å². The normalized spacial score (nSPS) is 14.5. The molecule has 0 unspecified atom stereocenters. The fourth-order valence-corrected chi connectivity index (χ4v) is 3.43. The second-order valence-electron chi connectivity index (χ2n) is 7.22. The number of rotatable bonds is 5. The number of piperazine rings is 1. The summed E-state index contributed by atoms with van der Waals surface area (Å²) in [6.45, 7) is 5.17. The van der Waals surface area contributed by atoms with Gasteiger partial charge in [-0.2, -0.15) is 5.10 Å². The predicted octanol–water partition coefficient (Wildman–Crippen LogP) is 2.66. The lowest BCUT2D eigenvalue weighted by molar-refractivity contribution is -0.131. The number of carbonyl (C=O) groups excluding carboxylic acids is 1. The maximum Gasteiger partial charge on any atom is 0.223 e. The molecule has 0 bridgehead atoms. The molecule has 7 heteroatoms. The molecule has 2 aromatic heterocycles. The van der Waals surface area contributed by atoms with Gasteiger partial charge in [-0.05, 0) is 6.92 Å². The van der Waals surface area contributed by atoms with Crippen molar-refractivity contribution in [2.75, 3.05) is 31.1 Å². The van der Waals surface area contributed by atoms with Gasteiger partial charge in [0.1, 0.15) is 0 Å². The summed E-state index contributed by atoms with van der Waals surface area (Å²) in [6, 6.07) is 8.14. The molecule has 146 valence electrons. The lowest BCUT2D eigenvalue weighted by Gasteiger charge is -2.35. The van der Waals surface area contributed by atoms with Crippen molar-refractivity contribution in [3.8, 4) is 11.3 Å². The number of amides is 1. The first-order valence-electron chi connectivity index (χ1n) is 9.61. The van der Waals surface area contributed by atoms with Gasteiger partial charge in [0.15, 0.2) is 11.7 Å². The fourth-order valence-electron chi connectivity index (χ4n) is 3.43. The number of aryl methyl sites for hydroxylation is 3. The van der Waals surface area contributed by atoms with Gasteiger partial charge in [0.25, 0.3) is 0 Å². The molecule has 28 heavy (non-hydrogen) atoms. The SMILES string of the molecule is Cc1ccc(-c2cnc(CCC(=O)N3CCN(c4cnn(C)c4)CC3)o2)cc1. The van der Waals surface area contributed by atoms with Gasteiger partial charge in [-0.1, -0.05) is 29.8 Å². The van der Waals surface area contributed by atoms with Crippen LogP contribution in [-0.4, -0.2) is 51.8 Å². The second kappa shape index (κ2) is 7.88. The Balaban J connectivity index is 1.27. The molecule has 1 aliphatic rings. The Bertz CT molecular complexity index is 936. The maximum atomic E-state index is 12.6. The first-order valence-corrected chi connectivity index (χ1v) is 9.61. The summed E-state index contributed by atoms with van der Waals surface area (Å²) >= 11 is 0. The third-order valence-corrected chi connectivity index (χ3v) is 5.13. The number of aromatic nitrogens is 3. The van der Waals surface area contributed by atoms with Crippen molar-refractivity contribution in [1.82, 2.24) is 19.7 Å². The third kappa shape index (κ3) is 4.08. The van der Waals surface area contributed by atoms with E-state index in [1.807, 2.05) is 48.6 Å². The molecule has 0 N–H and O–H groups in total. The summed E-state index contributed by atoms with van der Waals surface area (Å²) in [5.74, 6) is 1.51. The molecular formula is C21H25N5O2. The van der Waals surface area contributed by atoms with Gasteiger partial charge in [-0.25, -0.2) is 4.98 Å². The molecule has 1 aromatic carbocycles. The van der Waals surface area contributed by atoms with E-state index in [-0.39, 0.29) is 5.91 Å². The molecular weight excluding hydrogens is 354 g/mol. The number of anilines is 1. The molecule has 3 heterocycles. The standard InChI is InChI=1S/C21H25N5O2/c1-16-3-5-17(6-4-16)19-14-22-20(28-19)7-8-21(27)26-11-9-25(10-12-26)18-13-23-24(2)15-18/h3-6,13-15H,7-12H2,1-2H3. The lowest BCUT2D eigenvalue weighted by Crippen LogP contribution is -2.48. The smallest absolute Gasteiger partial charge is 0.223 e. The van der Waals surface area contributed by atoms with Gasteiger partial charge in [0.2, 0.25) is 5.91 Å². The van der Waals surface area contributed by atoms with Crippen LogP contribution in [0.1, 0.15) is 17.9 Å². The van der Waals surface area contributed by atoms with E-state index in [1.54, 1.807) is 10.9 Å². The third-order valence-electron chi connectivity index (χ3n) is 5.13. The number of hydrogen-bond acceptors (Lipinski definition) is 5. The van der Waals surface area contributed by atoms with Crippen LogP contribution in [0, 0.1) is 6.92 Å². The van der Waals surface area contributed by atoms with Crippen molar-refractivity contribution in [1.29, 1.82) is 0 Å². The minimum atomic E-state index is 0.154. The van der Waals surface area contributed by atoms with Crippen molar-refractivity contribution in [3.63, 3.8) is 0 Å². The molecule has 7 nitrogen and oxygen atoms in total. The molecule has 1 amide bonds. The molecule has 1 saturated heterocycles. The van der Waals surface area contributed by atoms with Crippen molar-refractivity contribution in [2.45, 2.75) is 19.8 Å². The van der Waals surface area contributed by atoms with Crippen LogP contribution in [0.3, 0.4) is 0 Å². The summed E-state index contributed by atoms with van der Waals surface area (Å²) in [5, 5.41) is 4.21. The average molecular weight is 379 g/mol. The van der Waals surface area contributed by atoms with Crippen LogP contribution in [-0.2, 0) is 18.3 Å². The summed E-state index contributed by atoms with van der Waals surface area (Å²) in [4.78, 5) is 21.1. The van der Waals surface area contributed by atoms with Crippen LogP contribution in [0.25, 0.3) is 11.3 Å². The molecule has 0 spiro atoms. The number of benzene rings is 1. The van der Waals surface area contributed by atoms with E-state index in [0.717, 1.165) is 43.2 Å². The summed E-state index contributed by atoms with van der Waals surface area (Å²) in [7, 11) is 1.91. The highest BCUT2D eigenvalue weighted by Gasteiger charge is 2.22. The number of hydrogen-bond donors (Lipinski definition) is 0. The lowest BCUT2D eigenvalue weighted by atomic mass is 10.1. The Labute approximate surface area is 164 Å². The van der Waals surface area contributed by atoms with Crippen molar-refractivity contribution in [3.05, 3.63) is 54.3 Å². The molecule has 4 rings (SSSR count). The summed E-state index contributed by atoms with van der Waals surface area (Å²) in [6.07, 6.45) is 6.54. The average Bonchev–Trinajstić information content (AvgIpc) is 3.36. The minimum absolute atomic E-state index is 0.154. The molecule has 3 aromatic rings. The second-order valence-corrected chi connectivity index (χ2v) is 7.22. The molecule has 1 fully saturated rings. The van der Waals surface area contributed by atoms with Crippen LogP contribution in [0.2, 0.25) is 0 Å². The quantitative estimate of drug-likeness (QED) is 0.682. The van der Waals surface area contributed by atoms with Crippen molar-refractivity contribution >= 4 is 11.6 Å². The number of carbonyl (C=O) groups is 1. The van der Waals surface area contributed by atoms with E-state index in [2.05, 4.69) is 21.9 Å². The number of oxazole rings is 1. The van der Waals surface area contributed by atoms with E-state index in [0.29, 0.717) is 18.7 Å². The van der Waals surface area contributed by atoms with Crippen molar-refractivity contribution in [2.24, 2.45) is 7.05 Å². The summed E-state index contributed by atoms with van der Waals surface area (Å²) < 4.78 is 7.62. The van der Waals surface area contributed by atoms with Crippen LogP contribution >= 0.6 is 0 Å². The Morgan fingerprint density at radius 2 is 1.86 bits per heavy atom. The van der Waals surface area contributed by atoms with Gasteiger partial charge in [-0.3, -0.25) is 9.48 Å². The summed E-state index contributed by atoms with van der Waals surface area (Å²) in [5.41, 5.74) is 3.32. The zero-order chi connectivity index (χ0) is 19.5. The van der Waals surface area contributed by atoms with Gasteiger partial charge in [0.05, 0.1) is 18.1 Å². The first kappa shape index (κ1) is 18.3. The molecule has 0 radical (unpaired) electrons. The highest BCUT2D eigenvalue weighted by Crippen LogP contribution is 2.21. The van der Waals surface area contributed by atoms with Crippen LogP contribution in [0.15, 0.2) is 47.3 Å². The zero-order valence-electron chi connectivity index (χ0n) is 16.3. The van der Waals surface area contributed by atoms with Gasteiger partial charge >= 0.3 is 0 Å². The fraction of sp³-hybridized carbons (Fsp3) is 0.381. The molecule has 1 aliphatic heterocycles. The van der Waals surface area contributed by atoms with E-state index >= 15 is 0 Å². The van der Waals surface area contributed by atoms with Gasteiger partial charge < -0.3 is 14.2 Å². The Morgan fingerprint density at radius 3 is 2.54 bits per heavy atom. The molecule has 0 aliphatic carbocycles. The van der Waals surface area contributed by atoms with E-state index < -0.39 is 0 Å². The van der Waals surface area contributed by atoms with Crippen LogP contribution in [0.4, 0.5) is 5.69 Å². The Morgan fingerprint density at radius 1 is 1.11 bits per heavy atom. The molecule has 0 atom stereocenters. The highest BCUT2D eigenvalue weighted by atomic mass is 16.4. The van der Waals surface area contributed by atoms with E-state index in [1.165, 1.54) is 5.56 Å². The largest absolute Gasteiger partial charge is 0.441 e. The number of nitrogens with zero attached hydrogens (tertiary/aromatic N) is 5. The highest BCUT2D eigenvalue weighted by molar-refractivity contribution is 5.76. The Kier molecular flexibility index (Phi) is 5.14. The topological polar surface area (TPSA) is 67.4 Å². The first-order chi connectivity index (χ1) is 13.6. The van der Waals surface area contributed by atoms with Crippen molar-refractivity contribution < 1.29 is 9.21 Å². The minimum Gasteiger partial charge on any atom is -0.441 e.